The molecular weight excluding hydrogens is 460 g/mol. The average Bonchev–Trinajstić information content (AvgIpc) is 2.91. The number of carbonyl (C=O) groups is 1. The molecule has 2 aliphatic rings. The van der Waals surface area contributed by atoms with Crippen molar-refractivity contribution in [3.63, 3.8) is 0 Å². The summed E-state index contributed by atoms with van der Waals surface area (Å²) in [6.45, 7) is 2.13. The Bertz CT molecular complexity index is 1190. The van der Waals surface area contributed by atoms with Crippen molar-refractivity contribution in [2.75, 3.05) is 19.7 Å². The van der Waals surface area contributed by atoms with Crippen molar-refractivity contribution in [1.29, 1.82) is 0 Å². The highest BCUT2D eigenvalue weighted by atomic mass is 19.3. The largest absolute Gasteiger partial charge is 0.472 e. The van der Waals surface area contributed by atoms with Crippen LogP contribution in [0.2, 0.25) is 0 Å². The Hall–Kier alpha value is -2.93. The van der Waals surface area contributed by atoms with Crippen LogP contribution in [0.15, 0.2) is 48.7 Å². The van der Waals surface area contributed by atoms with Gasteiger partial charge in [-0.15, -0.1) is 0 Å². The van der Waals surface area contributed by atoms with Crippen LogP contribution in [0.4, 0.5) is 8.78 Å². The lowest BCUT2D eigenvalue weighted by atomic mass is 9.78. The van der Waals surface area contributed by atoms with Crippen molar-refractivity contribution in [1.82, 2.24) is 14.9 Å². The number of rotatable bonds is 9. The van der Waals surface area contributed by atoms with Crippen LogP contribution in [-0.2, 0) is 13.0 Å². The zero-order valence-corrected chi connectivity index (χ0v) is 20.5. The fourth-order valence-electron chi connectivity index (χ4n) is 5.67. The average molecular weight is 494 g/mol. The first-order chi connectivity index (χ1) is 17.5. The number of carbonyl (C=O) groups excluding carboxylic acids is 1. The van der Waals surface area contributed by atoms with E-state index in [2.05, 4.69) is 14.9 Å². The van der Waals surface area contributed by atoms with E-state index < -0.39 is 13.0 Å². The van der Waals surface area contributed by atoms with Gasteiger partial charge < -0.3 is 4.74 Å². The predicted molar refractivity (Wildman–Crippen MR) is 135 cm³/mol. The monoisotopic (exact) mass is 493 g/mol. The van der Waals surface area contributed by atoms with Gasteiger partial charge in [-0.3, -0.25) is 14.7 Å². The van der Waals surface area contributed by atoms with E-state index in [4.69, 9.17) is 4.74 Å². The Kier molecular flexibility index (Phi) is 7.85. The van der Waals surface area contributed by atoms with Crippen molar-refractivity contribution in [3.8, 4) is 5.88 Å². The maximum absolute atomic E-state index is 13.1. The molecule has 36 heavy (non-hydrogen) atoms. The van der Waals surface area contributed by atoms with Gasteiger partial charge in [0.1, 0.15) is 0 Å². The number of ether oxygens (including phenoxy) is 1. The number of ketones is 1. The van der Waals surface area contributed by atoms with Crippen LogP contribution in [0.3, 0.4) is 0 Å². The molecule has 0 bridgehead atoms. The smallest absolute Gasteiger partial charge is 0.272 e. The van der Waals surface area contributed by atoms with E-state index >= 15 is 0 Å². The molecule has 0 atom stereocenters. The third kappa shape index (κ3) is 6.06. The van der Waals surface area contributed by atoms with E-state index in [1.807, 2.05) is 36.4 Å². The maximum atomic E-state index is 13.1. The van der Waals surface area contributed by atoms with Gasteiger partial charge in [0.25, 0.3) is 6.43 Å². The molecule has 3 aromatic rings. The molecule has 3 heterocycles. The number of nitrogens with zero attached hydrogens (tertiary/aromatic N) is 3. The van der Waals surface area contributed by atoms with Gasteiger partial charge in [-0.2, -0.15) is 0 Å². The number of halogens is 2. The molecule has 5 rings (SSSR count). The highest BCUT2D eigenvalue weighted by Gasteiger charge is 2.25. The first-order valence-electron chi connectivity index (χ1n) is 13.0. The number of Topliss-reactive ketones (excluding diaryl/α,β-unsaturated/α-hetero) is 1. The van der Waals surface area contributed by atoms with E-state index in [-0.39, 0.29) is 11.7 Å². The maximum Gasteiger partial charge on any atom is 0.272 e. The summed E-state index contributed by atoms with van der Waals surface area (Å²) in [4.78, 5) is 24.3. The summed E-state index contributed by atoms with van der Waals surface area (Å²) in [6, 6.07) is 13.3. The minimum atomic E-state index is -2.50. The molecule has 0 radical (unpaired) electrons. The van der Waals surface area contributed by atoms with Gasteiger partial charge in [-0.25, -0.2) is 13.8 Å². The molecule has 1 saturated carbocycles. The van der Waals surface area contributed by atoms with Gasteiger partial charge in [0.2, 0.25) is 5.88 Å². The summed E-state index contributed by atoms with van der Waals surface area (Å²) in [5.74, 6) is 1.66. The molecule has 0 amide bonds. The van der Waals surface area contributed by atoms with Crippen LogP contribution < -0.4 is 4.74 Å². The Labute approximate surface area is 210 Å². The molecule has 1 fully saturated rings. The van der Waals surface area contributed by atoms with Crippen molar-refractivity contribution in [2.24, 2.45) is 11.8 Å². The Morgan fingerprint density at radius 1 is 1.06 bits per heavy atom. The van der Waals surface area contributed by atoms with Crippen LogP contribution >= 0.6 is 0 Å². The molecule has 1 aromatic carbocycles. The summed E-state index contributed by atoms with van der Waals surface area (Å²) >= 11 is 0. The van der Waals surface area contributed by atoms with Crippen molar-refractivity contribution in [3.05, 3.63) is 65.5 Å². The minimum Gasteiger partial charge on any atom is -0.472 e. The zero-order chi connectivity index (χ0) is 24.9. The van der Waals surface area contributed by atoms with Gasteiger partial charge in [0, 0.05) is 42.7 Å². The zero-order valence-electron chi connectivity index (χ0n) is 20.5. The Morgan fingerprint density at radius 3 is 2.72 bits per heavy atom. The predicted octanol–water partition coefficient (Wildman–Crippen LogP) is 6.10. The lowest BCUT2D eigenvalue weighted by molar-refractivity contribution is 0.0792. The van der Waals surface area contributed by atoms with Crippen molar-refractivity contribution in [2.45, 2.75) is 57.9 Å². The highest BCUT2D eigenvalue weighted by Crippen LogP contribution is 2.34. The SMILES string of the molecule is O=C(CC1CCC(CCN2CCc3ccc(OCC(F)F)nc3C2)CC1)c1cccc2ncccc12. The molecule has 0 unspecified atom stereocenters. The van der Waals surface area contributed by atoms with Crippen LogP contribution in [0.5, 0.6) is 5.88 Å². The number of alkyl halides is 2. The van der Waals surface area contributed by atoms with Crippen LogP contribution in [0, 0.1) is 11.8 Å². The molecule has 0 N–H and O–H groups in total. The van der Waals surface area contributed by atoms with Crippen molar-refractivity contribution < 1.29 is 18.3 Å². The minimum absolute atomic E-state index is 0.230. The molecule has 5 nitrogen and oxygen atoms in total. The normalized spacial score (nSPS) is 20.4. The van der Waals surface area contributed by atoms with E-state index in [0.29, 0.717) is 18.3 Å². The fourth-order valence-corrected chi connectivity index (χ4v) is 5.67. The summed E-state index contributed by atoms with van der Waals surface area (Å²) in [6.07, 6.45) is 6.51. The Morgan fingerprint density at radius 2 is 1.89 bits per heavy atom. The molecule has 0 saturated heterocycles. The van der Waals surface area contributed by atoms with Gasteiger partial charge >= 0.3 is 0 Å². The number of aromatic nitrogens is 2. The highest BCUT2D eigenvalue weighted by molar-refractivity contribution is 6.07. The molecule has 190 valence electrons. The number of pyridine rings is 2. The van der Waals surface area contributed by atoms with Crippen molar-refractivity contribution >= 4 is 16.7 Å². The summed E-state index contributed by atoms with van der Waals surface area (Å²) < 4.78 is 30.0. The summed E-state index contributed by atoms with van der Waals surface area (Å²) in [7, 11) is 0. The fraction of sp³-hybridized carbons (Fsp3) is 0.483. The van der Waals surface area contributed by atoms with Crippen LogP contribution in [0.1, 0.15) is 60.1 Å². The standard InChI is InChI=1S/C29H33F2N3O2/c30-28(31)19-36-29-11-10-22-13-16-34(18-26(22)33-29)15-12-20-6-8-21(9-7-20)17-27(35)24-3-1-5-25-23(24)4-2-14-32-25/h1-5,10-11,14,20-21,28H,6-9,12-13,15-19H2. The lowest BCUT2D eigenvalue weighted by Crippen LogP contribution is -2.33. The molecular formula is C29H33F2N3O2. The molecule has 1 aliphatic heterocycles. The van der Waals surface area contributed by atoms with E-state index in [9.17, 15) is 13.6 Å². The number of fused-ring (bicyclic) bond motifs is 2. The summed E-state index contributed by atoms with van der Waals surface area (Å²) in [5, 5.41) is 0.948. The first-order valence-corrected chi connectivity index (χ1v) is 13.0. The van der Waals surface area contributed by atoms with E-state index in [1.54, 1.807) is 12.3 Å². The van der Waals surface area contributed by atoms with Crippen LogP contribution in [-0.4, -0.2) is 46.8 Å². The van der Waals surface area contributed by atoms with E-state index in [1.165, 1.54) is 18.4 Å². The number of hydrogen-bond acceptors (Lipinski definition) is 5. The molecule has 7 heteroatoms. The molecule has 2 aromatic heterocycles. The second kappa shape index (κ2) is 11.4. The second-order valence-electron chi connectivity index (χ2n) is 10.2. The van der Waals surface area contributed by atoms with Crippen LogP contribution in [0.25, 0.3) is 10.9 Å². The number of hydrogen-bond donors (Lipinski definition) is 0. The molecule has 1 aliphatic carbocycles. The van der Waals surface area contributed by atoms with Gasteiger partial charge in [-0.05, 0) is 61.8 Å². The first kappa shape index (κ1) is 24.8. The van der Waals surface area contributed by atoms with E-state index in [0.717, 1.165) is 67.5 Å². The van der Waals surface area contributed by atoms with Gasteiger partial charge in [-0.1, -0.05) is 37.1 Å². The van der Waals surface area contributed by atoms with Gasteiger partial charge in [0.15, 0.2) is 12.4 Å². The Balaban J connectivity index is 1.08. The third-order valence-corrected chi connectivity index (χ3v) is 7.71. The number of benzene rings is 1. The quantitative estimate of drug-likeness (QED) is 0.337. The van der Waals surface area contributed by atoms with Gasteiger partial charge in [0.05, 0.1) is 11.2 Å². The summed E-state index contributed by atoms with van der Waals surface area (Å²) in [5.41, 5.74) is 3.80. The second-order valence-corrected chi connectivity index (χ2v) is 10.2. The third-order valence-electron chi connectivity index (χ3n) is 7.71. The lowest BCUT2D eigenvalue weighted by Gasteiger charge is -2.32. The molecule has 0 spiro atoms. The topological polar surface area (TPSA) is 55.3 Å².